The van der Waals surface area contributed by atoms with Crippen molar-refractivity contribution in [3.63, 3.8) is 0 Å². The Hall–Kier alpha value is -1.40. The van der Waals surface area contributed by atoms with Gasteiger partial charge in [-0.15, -0.1) is 24.1 Å². The molecule has 0 radical (unpaired) electrons. The standard InChI is InChI=1S/C13H13NOS/c1-3-10-8-13(15)14(9-10)11-4-6-12(16-2)7-5-11/h1,4-7,10H,8-9H2,2H3. The molecule has 1 atom stereocenters. The molecule has 2 rings (SSSR count). The molecule has 82 valence electrons. The molecule has 1 amide bonds. The molecule has 2 nitrogen and oxygen atoms in total. The second-order valence-corrected chi connectivity index (χ2v) is 4.65. The first-order valence-electron chi connectivity index (χ1n) is 5.15. The fraction of sp³-hybridized carbons (Fsp3) is 0.308. The zero-order valence-electron chi connectivity index (χ0n) is 9.14. The molecule has 0 bridgehead atoms. The summed E-state index contributed by atoms with van der Waals surface area (Å²) in [5.74, 6) is 2.84. The molecule has 1 saturated heterocycles. The average molecular weight is 231 g/mol. The first kappa shape index (κ1) is 11.1. The van der Waals surface area contributed by atoms with Crippen molar-refractivity contribution in [3.8, 4) is 12.3 Å². The van der Waals surface area contributed by atoms with Crippen molar-refractivity contribution in [2.75, 3.05) is 17.7 Å². The Morgan fingerprint density at radius 3 is 2.62 bits per heavy atom. The molecule has 1 unspecified atom stereocenters. The van der Waals surface area contributed by atoms with E-state index in [0.717, 1.165) is 5.69 Å². The topological polar surface area (TPSA) is 20.3 Å². The third kappa shape index (κ3) is 2.07. The van der Waals surface area contributed by atoms with Crippen LogP contribution in [0.25, 0.3) is 0 Å². The number of terminal acetylenes is 1. The minimum atomic E-state index is 0.0627. The molecule has 0 saturated carbocycles. The Morgan fingerprint density at radius 1 is 1.44 bits per heavy atom. The summed E-state index contributed by atoms with van der Waals surface area (Å²) in [4.78, 5) is 14.7. The number of benzene rings is 1. The number of nitrogens with zero attached hydrogens (tertiary/aromatic N) is 1. The zero-order chi connectivity index (χ0) is 11.5. The Labute approximate surface area is 100 Å². The number of anilines is 1. The van der Waals surface area contributed by atoms with Gasteiger partial charge in [-0.1, -0.05) is 0 Å². The van der Waals surface area contributed by atoms with E-state index in [0.29, 0.717) is 13.0 Å². The van der Waals surface area contributed by atoms with Crippen molar-refractivity contribution in [1.29, 1.82) is 0 Å². The fourth-order valence-corrected chi connectivity index (χ4v) is 2.24. The molecule has 3 heteroatoms. The van der Waals surface area contributed by atoms with Crippen molar-refractivity contribution in [2.24, 2.45) is 5.92 Å². The monoisotopic (exact) mass is 231 g/mol. The number of thioether (sulfide) groups is 1. The van der Waals surface area contributed by atoms with Crippen LogP contribution in [0.4, 0.5) is 5.69 Å². The van der Waals surface area contributed by atoms with Gasteiger partial charge < -0.3 is 4.90 Å². The van der Waals surface area contributed by atoms with E-state index >= 15 is 0 Å². The van der Waals surface area contributed by atoms with E-state index in [1.165, 1.54) is 4.90 Å². The van der Waals surface area contributed by atoms with Crippen LogP contribution in [0.5, 0.6) is 0 Å². The van der Waals surface area contributed by atoms with Crippen LogP contribution >= 0.6 is 11.8 Å². The molecule has 1 aliphatic heterocycles. The van der Waals surface area contributed by atoms with Gasteiger partial charge in [0.2, 0.25) is 5.91 Å². The minimum Gasteiger partial charge on any atom is -0.311 e. The van der Waals surface area contributed by atoms with Crippen LogP contribution in [0.1, 0.15) is 6.42 Å². The third-order valence-electron chi connectivity index (χ3n) is 2.74. The number of hydrogen-bond donors (Lipinski definition) is 0. The van der Waals surface area contributed by atoms with Gasteiger partial charge in [-0.3, -0.25) is 4.79 Å². The van der Waals surface area contributed by atoms with Crippen molar-refractivity contribution in [1.82, 2.24) is 0 Å². The lowest BCUT2D eigenvalue weighted by atomic mass is 10.1. The van der Waals surface area contributed by atoms with Gasteiger partial charge in [0.15, 0.2) is 0 Å². The van der Waals surface area contributed by atoms with E-state index in [-0.39, 0.29) is 11.8 Å². The van der Waals surface area contributed by atoms with Crippen molar-refractivity contribution >= 4 is 23.4 Å². The summed E-state index contributed by atoms with van der Waals surface area (Å²) in [5, 5.41) is 0. The zero-order valence-corrected chi connectivity index (χ0v) is 9.96. The predicted octanol–water partition coefficient (Wildman–Crippen LogP) is 2.39. The van der Waals surface area contributed by atoms with Crippen LogP contribution in [0.15, 0.2) is 29.2 Å². The highest BCUT2D eigenvalue weighted by Gasteiger charge is 2.29. The van der Waals surface area contributed by atoms with Gasteiger partial charge in [0.1, 0.15) is 0 Å². The predicted molar refractivity (Wildman–Crippen MR) is 67.5 cm³/mol. The Balaban J connectivity index is 2.18. The Kier molecular flexibility index (Phi) is 3.21. The molecular formula is C13H13NOS. The molecule has 0 aromatic heterocycles. The SMILES string of the molecule is C#CC1CC(=O)N(c2ccc(SC)cc2)C1. The van der Waals surface area contributed by atoms with E-state index in [9.17, 15) is 4.79 Å². The first-order chi connectivity index (χ1) is 7.74. The van der Waals surface area contributed by atoms with E-state index in [1.54, 1.807) is 16.7 Å². The maximum Gasteiger partial charge on any atom is 0.228 e. The quantitative estimate of drug-likeness (QED) is 0.575. The summed E-state index contributed by atoms with van der Waals surface area (Å²) in [6, 6.07) is 8.00. The fourth-order valence-electron chi connectivity index (χ4n) is 1.83. The lowest BCUT2D eigenvalue weighted by Gasteiger charge is -2.16. The number of rotatable bonds is 2. The molecule has 0 aliphatic carbocycles. The highest BCUT2D eigenvalue weighted by atomic mass is 32.2. The molecule has 1 aromatic rings. The van der Waals surface area contributed by atoms with Gasteiger partial charge in [-0.05, 0) is 30.5 Å². The molecule has 16 heavy (non-hydrogen) atoms. The Bertz CT molecular complexity index is 432. The van der Waals surface area contributed by atoms with E-state index in [2.05, 4.69) is 5.92 Å². The first-order valence-corrected chi connectivity index (χ1v) is 6.37. The molecule has 1 heterocycles. The van der Waals surface area contributed by atoms with Crippen LogP contribution in [-0.2, 0) is 4.79 Å². The summed E-state index contributed by atoms with van der Waals surface area (Å²) in [6.45, 7) is 0.647. The summed E-state index contributed by atoms with van der Waals surface area (Å²) in [5.41, 5.74) is 0.945. The highest BCUT2D eigenvalue weighted by molar-refractivity contribution is 7.98. The van der Waals surface area contributed by atoms with Gasteiger partial charge in [0, 0.05) is 29.5 Å². The number of carbonyl (C=O) groups excluding carboxylic acids is 1. The van der Waals surface area contributed by atoms with E-state index < -0.39 is 0 Å². The number of carbonyl (C=O) groups is 1. The summed E-state index contributed by atoms with van der Waals surface area (Å²) in [7, 11) is 0. The lowest BCUT2D eigenvalue weighted by molar-refractivity contribution is -0.117. The van der Waals surface area contributed by atoms with Crippen LogP contribution in [0.2, 0.25) is 0 Å². The lowest BCUT2D eigenvalue weighted by Crippen LogP contribution is -2.24. The minimum absolute atomic E-state index is 0.0627. The summed E-state index contributed by atoms with van der Waals surface area (Å²) < 4.78 is 0. The van der Waals surface area contributed by atoms with Crippen LogP contribution in [-0.4, -0.2) is 18.7 Å². The number of hydrogen-bond acceptors (Lipinski definition) is 2. The summed E-state index contributed by atoms with van der Waals surface area (Å²) in [6.07, 6.45) is 7.85. The highest BCUT2D eigenvalue weighted by Crippen LogP contribution is 2.26. The third-order valence-corrected chi connectivity index (χ3v) is 3.49. The van der Waals surface area contributed by atoms with Gasteiger partial charge in [0.05, 0.1) is 0 Å². The van der Waals surface area contributed by atoms with E-state index in [1.807, 2.05) is 30.5 Å². The van der Waals surface area contributed by atoms with Gasteiger partial charge >= 0.3 is 0 Å². The van der Waals surface area contributed by atoms with Crippen LogP contribution in [0, 0.1) is 18.3 Å². The van der Waals surface area contributed by atoms with Crippen molar-refractivity contribution < 1.29 is 4.79 Å². The maximum absolute atomic E-state index is 11.7. The Morgan fingerprint density at radius 2 is 2.12 bits per heavy atom. The van der Waals surface area contributed by atoms with Crippen molar-refractivity contribution in [2.45, 2.75) is 11.3 Å². The second-order valence-electron chi connectivity index (χ2n) is 3.77. The van der Waals surface area contributed by atoms with E-state index in [4.69, 9.17) is 6.42 Å². The maximum atomic E-state index is 11.7. The largest absolute Gasteiger partial charge is 0.311 e. The van der Waals surface area contributed by atoms with Gasteiger partial charge in [0.25, 0.3) is 0 Å². The molecule has 1 fully saturated rings. The van der Waals surface area contributed by atoms with Crippen LogP contribution < -0.4 is 4.90 Å². The molecule has 0 N–H and O–H groups in total. The normalized spacial score (nSPS) is 19.9. The smallest absolute Gasteiger partial charge is 0.228 e. The molecule has 1 aromatic carbocycles. The number of amides is 1. The van der Waals surface area contributed by atoms with Crippen molar-refractivity contribution in [3.05, 3.63) is 24.3 Å². The average Bonchev–Trinajstić information content (AvgIpc) is 2.71. The summed E-state index contributed by atoms with van der Waals surface area (Å²) >= 11 is 1.69. The van der Waals surface area contributed by atoms with Crippen LogP contribution in [0.3, 0.4) is 0 Å². The van der Waals surface area contributed by atoms with Gasteiger partial charge in [-0.2, -0.15) is 0 Å². The van der Waals surface area contributed by atoms with Gasteiger partial charge in [-0.25, -0.2) is 0 Å². The second kappa shape index (κ2) is 4.63. The molecule has 0 spiro atoms. The molecule has 1 aliphatic rings. The molecular weight excluding hydrogens is 218 g/mol.